The maximum atomic E-state index is 13.4. The van der Waals surface area contributed by atoms with Gasteiger partial charge in [0.1, 0.15) is 28.6 Å². The molecule has 0 bridgehead atoms. The smallest absolute Gasteiger partial charge is 0.407 e. The van der Waals surface area contributed by atoms with Crippen molar-refractivity contribution in [2.45, 2.75) is 91.9 Å². The van der Waals surface area contributed by atoms with Gasteiger partial charge in [-0.15, -0.1) is 0 Å². The highest BCUT2D eigenvalue weighted by atomic mass is 79.9. The number of anilines is 4. The van der Waals surface area contributed by atoms with Crippen molar-refractivity contribution < 1.29 is 28.2 Å². The van der Waals surface area contributed by atoms with Crippen LogP contribution in [0.1, 0.15) is 59.1 Å². The molecule has 4 aromatic heterocycles. The van der Waals surface area contributed by atoms with E-state index in [2.05, 4.69) is 56.8 Å². The number of aromatic nitrogens is 9. The predicted molar refractivity (Wildman–Crippen MR) is 295 cm³/mol. The number of nitrogens with one attached hydrogen (secondary N) is 3. The molecule has 0 fully saturated rings. The lowest BCUT2D eigenvalue weighted by Gasteiger charge is -2.19. The number of aliphatic imine (C=N–C) groups is 1. The molecule has 7 rings (SSSR count). The van der Waals surface area contributed by atoms with Gasteiger partial charge in [0, 0.05) is 101 Å². The number of imidazole rings is 3. The molecule has 0 saturated carbocycles. The molecule has 5 heterocycles. The lowest BCUT2D eigenvalue weighted by molar-refractivity contribution is 0.0517. The average Bonchev–Trinajstić information content (AvgIpc) is 4.20. The fourth-order valence-corrected chi connectivity index (χ4v) is 6.27. The quantitative estimate of drug-likeness (QED) is 0.0632. The first kappa shape index (κ1) is 62.1. The van der Waals surface area contributed by atoms with Crippen LogP contribution in [0.15, 0.2) is 113 Å². The van der Waals surface area contributed by atoms with Crippen LogP contribution in [0, 0.1) is 5.82 Å². The summed E-state index contributed by atoms with van der Waals surface area (Å²) in [5.74, 6) is 2.47. The van der Waals surface area contributed by atoms with E-state index in [0.717, 1.165) is 34.3 Å². The molecule has 25 nitrogen and oxygen atoms in total. The Morgan fingerprint density at radius 2 is 1.17 bits per heavy atom. The number of halogens is 2. The van der Waals surface area contributed by atoms with Gasteiger partial charge >= 0.3 is 23.6 Å². The number of carbonyl (C=O) groups excluding carboxylic acids is 2. The standard InChI is InChI=1S/C23H24FN7O3.C10H18N4O2.C7H14BrNO2.C5H10N4.C4H6N2/c1-34-19-8-4-17(5-9-19)14-30-21(27-11-13-29-12-10-26-20(29)25)28-22(32)31(23(30)33)15-16-2-6-18(24)7-3-16;1-10(2,3)16-9(15)13-5-7-14-6-4-12-8(14)11;1-7(2,3)11-6(10)9-5-4-8;6-1-3-9-4-2-8-5(9)7;5-4-2-1-3-6-4/h2-10,12H,11,13-15H2,1H3,(H2,25,26)(H,27,28,32);4,6H,5,7H2,1-3H3,(H2,11,12)(H,13,15);4-5H2,1-3H3,(H,9,10);2,4H,1,3,6H2,(H2,7,8);1,3H,2H2,(H2,5,6). The van der Waals surface area contributed by atoms with Crippen LogP contribution in [0.3, 0.4) is 0 Å². The fourth-order valence-electron chi connectivity index (χ4n) is 6.08. The second-order valence-corrected chi connectivity index (χ2v) is 18.8. The Morgan fingerprint density at radius 1 is 0.697 bits per heavy atom. The number of benzene rings is 2. The molecule has 6 aromatic rings. The molecule has 0 atom stereocenters. The van der Waals surface area contributed by atoms with Crippen LogP contribution in [0.25, 0.3) is 0 Å². The van der Waals surface area contributed by atoms with Crippen LogP contribution in [0.2, 0.25) is 0 Å². The Kier molecular flexibility index (Phi) is 25.7. The molecule has 76 heavy (non-hydrogen) atoms. The highest BCUT2D eigenvalue weighted by Crippen LogP contribution is 2.14. The van der Waals surface area contributed by atoms with Gasteiger partial charge in [-0.05, 0) is 76.9 Å². The Morgan fingerprint density at radius 3 is 1.58 bits per heavy atom. The minimum Gasteiger partial charge on any atom is -0.497 e. The lowest BCUT2D eigenvalue weighted by Crippen LogP contribution is -2.43. The van der Waals surface area contributed by atoms with E-state index in [4.69, 9.17) is 42.9 Å². The number of rotatable bonds is 16. The van der Waals surface area contributed by atoms with E-state index in [0.29, 0.717) is 68.4 Å². The van der Waals surface area contributed by atoms with Gasteiger partial charge in [0.05, 0.1) is 20.2 Å². The Hall–Kier alpha value is -8.20. The summed E-state index contributed by atoms with van der Waals surface area (Å²) in [4.78, 5) is 67.8. The molecule has 2 aromatic carbocycles. The summed E-state index contributed by atoms with van der Waals surface area (Å²) in [6, 6.07) is 12.8. The van der Waals surface area contributed by atoms with Crippen LogP contribution in [0.4, 0.5) is 37.8 Å². The summed E-state index contributed by atoms with van der Waals surface area (Å²) in [7, 11) is 1.57. The molecule has 0 aliphatic carbocycles. The SMILES string of the molecule is CC(C)(C)OC(=O)NCCBr.CC(C)(C)OC(=O)NCCn1ccnc1N.COc1ccc(Cn2c(NCCn3ccnc3N)nc(=O)n(Cc3ccc(F)cc3)c2=O)cc1.NC1=NC=CC1.NCCn1ccnc1N. The third kappa shape index (κ3) is 23.8. The van der Waals surface area contributed by atoms with Gasteiger partial charge in [0.25, 0.3) is 0 Å². The summed E-state index contributed by atoms with van der Waals surface area (Å²) < 4.78 is 36.2. The van der Waals surface area contributed by atoms with Crippen LogP contribution in [-0.2, 0) is 42.2 Å². The molecule has 13 N–H and O–H groups in total. The Balaban J connectivity index is 0.000000297. The Labute approximate surface area is 448 Å². The lowest BCUT2D eigenvalue weighted by atomic mass is 10.2. The number of alkyl carbamates (subject to hydrolysis) is 2. The van der Waals surface area contributed by atoms with Crippen molar-refractivity contribution in [2.24, 2.45) is 16.5 Å². The van der Waals surface area contributed by atoms with Crippen molar-refractivity contribution >= 4 is 57.7 Å². The fraction of sp³-hybridized carbons (Fsp3) is 0.408. The van der Waals surface area contributed by atoms with E-state index in [1.165, 1.54) is 28.8 Å². The largest absolute Gasteiger partial charge is 0.497 e. The zero-order valence-corrected chi connectivity index (χ0v) is 45.6. The molecule has 414 valence electrons. The molecular weight excluding hydrogens is 1050 g/mol. The van der Waals surface area contributed by atoms with Crippen molar-refractivity contribution in [3.63, 3.8) is 0 Å². The van der Waals surface area contributed by atoms with Crippen LogP contribution in [-0.4, -0.2) is 111 Å². The van der Waals surface area contributed by atoms with E-state index >= 15 is 0 Å². The van der Waals surface area contributed by atoms with E-state index in [-0.39, 0.29) is 25.1 Å². The molecule has 27 heteroatoms. The molecule has 0 unspecified atom stereocenters. The van der Waals surface area contributed by atoms with Gasteiger partial charge in [-0.2, -0.15) is 4.98 Å². The van der Waals surface area contributed by atoms with Gasteiger partial charge in [0.15, 0.2) is 17.8 Å². The number of amides is 2. The summed E-state index contributed by atoms with van der Waals surface area (Å²) in [5.41, 5.74) is 26.6. The highest BCUT2D eigenvalue weighted by molar-refractivity contribution is 9.09. The number of alkyl halides is 1. The van der Waals surface area contributed by atoms with E-state index in [1.54, 1.807) is 70.1 Å². The third-order valence-corrected chi connectivity index (χ3v) is 10.0. The molecule has 1 aliphatic heterocycles. The number of nitrogens with zero attached hydrogens (tertiary/aromatic N) is 10. The van der Waals surface area contributed by atoms with Crippen molar-refractivity contribution in [2.75, 3.05) is 61.1 Å². The zero-order valence-electron chi connectivity index (χ0n) is 44.0. The van der Waals surface area contributed by atoms with Gasteiger partial charge in [-0.1, -0.05) is 46.3 Å². The van der Waals surface area contributed by atoms with Gasteiger partial charge in [-0.25, -0.2) is 48.1 Å². The zero-order chi connectivity index (χ0) is 56.3. The van der Waals surface area contributed by atoms with Crippen LogP contribution < -0.4 is 60.7 Å². The van der Waals surface area contributed by atoms with Gasteiger partial charge in [0.2, 0.25) is 5.95 Å². The minimum atomic E-state index is -0.704. The first-order valence-corrected chi connectivity index (χ1v) is 24.9. The van der Waals surface area contributed by atoms with Crippen LogP contribution >= 0.6 is 15.9 Å². The third-order valence-electron chi connectivity index (χ3n) is 9.61. The minimum absolute atomic E-state index is 0.0284. The first-order chi connectivity index (χ1) is 36.0. The number of amidine groups is 1. The maximum Gasteiger partial charge on any atom is 0.407 e. The number of methoxy groups -OCH3 is 1. The van der Waals surface area contributed by atoms with Gasteiger partial charge in [-0.3, -0.25) is 4.57 Å². The molecular formula is C49H72BrFN18O7. The summed E-state index contributed by atoms with van der Waals surface area (Å²) >= 11 is 3.19. The van der Waals surface area contributed by atoms with Crippen molar-refractivity contribution in [1.29, 1.82) is 0 Å². The molecule has 0 spiro atoms. The summed E-state index contributed by atoms with van der Waals surface area (Å²) in [5, 5.41) is 9.02. The first-order valence-electron chi connectivity index (χ1n) is 23.8. The van der Waals surface area contributed by atoms with Gasteiger partial charge < -0.3 is 72.5 Å². The second kappa shape index (κ2) is 31.5. The molecule has 0 radical (unpaired) electrons. The molecule has 0 saturated heterocycles. The van der Waals surface area contributed by atoms with Crippen LogP contribution in [0.5, 0.6) is 5.75 Å². The topological polar surface area (TPSA) is 351 Å². The Bertz CT molecular complexity index is 2860. The summed E-state index contributed by atoms with van der Waals surface area (Å²) in [6.07, 6.45) is 13.8. The number of carbonyl (C=O) groups is 2. The van der Waals surface area contributed by atoms with E-state index in [1.807, 2.05) is 65.9 Å². The number of hydrogen-bond donors (Lipinski definition) is 8. The second-order valence-electron chi connectivity index (χ2n) is 18.1. The predicted octanol–water partition coefficient (Wildman–Crippen LogP) is 4.12. The highest BCUT2D eigenvalue weighted by Gasteiger charge is 2.17. The van der Waals surface area contributed by atoms with Crippen molar-refractivity contribution in [1.82, 2.24) is 53.4 Å². The van der Waals surface area contributed by atoms with Crippen molar-refractivity contribution in [3.05, 3.63) is 136 Å². The maximum absolute atomic E-state index is 13.4. The van der Waals surface area contributed by atoms with E-state index < -0.39 is 34.5 Å². The normalized spacial score (nSPS) is 11.4. The molecule has 2 amide bonds. The molecule has 1 aliphatic rings. The number of nitrogens with two attached hydrogens (primary N) is 5. The average molecular weight is 1120 g/mol. The van der Waals surface area contributed by atoms with Crippen molar-refractivity contribution in [3.8, 4) is 5.75 Å². The summed E-state index contributed by atoms with van der Waals surface area (Å²) in [6.45, 7) is 14.9. The van der Waals surface area contributed by atoms with E-state index in [9.17, 15) is 23.6 Å². The monoisotopic (exact) mass is 1120 g/mol. The number of hydrogen-bond acceptors (Lipinski definition) is 18. The number of ether oxygens (including phenoxy) is 3. The number of nitrogen functional groups attached to an aromatic ring is 3.